The summed E-state index contributed by atoms with van der Waals surface area (Å²) < 4.78 is 7.64. The molecule has 1 amide bonds. The molecule has 6 nitrogen and oxygen atoms in total. The smallest absolute Gasteiger partial charge is 0.239 e. The van der Waals surface area contributed by atoms with Crippen LogP contribution in [-0.2, 0) is 16.1 Å². The van der Waals surface area contributed by atoms with E-state index in [0.717, 1.165) is 5.56 Å². The van der Waals surface area contributed by atoms with E-state index in [0.29, 0.717) is 26.2 Å². The number of rotatable bonds is 5. The van der Waals surface area contributed by atoms with E-state index in [4.69, 9.17) is 10.5 Å². The Bertz CT molecular complexity index is 600. The number of nitrogens with zero attached hydrogens (tertiary/aromatic N) is 3. The van der Waals surface area contributed by atoms with Gasteiger partial charge in [0.2, 0.25) is 5.91 Å². The molecule has 0 aliphatic carbocycles. The Balaban J connectivity index is 1.73. The lowest BCUT2D eigenvalue weighted by Gasteiger charge is -2.37. The molecule has 1 saturated heterocycles. The number of carbonyl (C=O) groups is 1. The van der Waals surface area contributed by atoms with Gasteiger partial charge in [-0.25, -0.2) is 0 Å². The topological polar surface area (TPSA) is 73.4 Å². The number of primary amides is 1. The molecule has 0 spiro atoms. The van der Waals surface area contributed by atoms with Gasteiger partial charge < -0.3 is 10.5 Å². The quantitative estimate of drug-likeness (QED) is 0.887. The molecular formula is C16H20N4O2. The van der Waals surface area contributed by atoms with Crippen LogP contribution in [0.3, 0.4) is 0 Å². The van der Waals surface area contributed by atoms with Gasteiger partial charge in [-0.2, -0.15) is 5.10 Å². The van der Waals surface area contributed by atoms with Crippen molar-refractivity contribution in [3.05, 3.63) is 54.4 Å². The van der Waals surface area contributed by atoms with Crippen LogP contribution in [0.15, 0.2) is 48.8 Å². The first kappa shape index (κ1) is 14.7. The molecule has 2 N–H and O–H groups in total. The second kappa shape index (κ2) is 6.72. The van der Waals surface area contributed by atoms with Crippen LogP contribution in [0.2, 0.25) is 0 Å². The molecule has 6 heteroatoms. The molecule has 2 heterocycles. The van der Waals surface area contributed by atoms with Gasteiger partial charge in [0.1, 0.15) is 6.04 Å². The molecular weight excluding hydrogens is 280 g/mol. The molecule has 2 aromatic rings. The van der Waals surface area contributed by atoms with Crippen molar-refractivity contribution in [2.24, 2.45) is 5.73 Å². The first-order chi connectivity index (χ1) is 10.7. The Kier molecular flexibility index (Phi) is 4.50. The molecule has 116 valence electrons. The lowest BCUT2D eigenvalue weighted by Crippen LogP contribution is -2.49. The van der Waals surface area contributed by atoms with Crippen LogP contribution in [0.4, 0.5) is 0 Å². The summed E-state index contributed by atoms with van der Waals surface area (Å²) in [5.41, 5.74) is 6.57. The normalized spacial score (nSPS) is 20.6. The molecule has 22 heavy (non-hydrogen) atoms. The van der Waals surface area contributed by atoms with E-state index in [9.17, 15) is 4.79 Å². The minimum atomic E-state index is -0.412. The van der Waals surface area contributed by atoms with Gasteiger partial charge in [0, 0.05) is 25.5 Å². The second-order valence-corrected chi connectivity index (χ2v) is 5.43. The standard InChI is InChI=1S/C16H20N4O2/c17-16(21)15(13-5-2-1-3-6-13)19-9-10-22-14(11-19)12-20-8-4-7-18-20/h1-8,14-15H,9-12H2,(H2,17,21)/t14-,15+/m0/s1. The third-order valence-corrected chi connectivity index (χ3v) is 3.87. The van der Waals surface area contributed by atoms with Crippen LogP contribution in [0.25, 0.3) is 0 Å². The Morgan fingerprint density at radius 2 is 2.18 bits per heavy atom. The minimum absolute atomic E-state index is 0.000729. The highest BCUT2D eigenvalue weighted by molar-refractivity contribution is 5.81. The van der Waals surface area contributed by atoms with Gasteiger partial charge in [-0.3, -0.25) is 14.4 Å². The van der Waals surface area contributed by atoms with E-state index in [2.05, 4.69) is 10.00 Å². The van der Waals surface area contributed by atoms with Crippen LogP contribution in [0.1, 0.15) is 11.6 Å². The van der Waals surface area contributed by atoms with Crippen molar-refractivity contribution in [1.29, 1.82) is 0 Å². The molecule has 0 bridgehead atoms. The first-order valence-electron chi connectivity index (χ1n) is 7.41. The van der Waals surface area contributed by atoms with E-state index < -0.39 is 6.04 Å². The number of benzene rings is 1. The van der Waals surface area contributed by atoms with Crippen LogP contribution in [-0.4, -0.2) is 46.4 Å². The third-order valence-electron chi connectivity index (χ3n) is 3.87. The number of nitrogens with two attached hydrogens (primary N) is 1. The van der Waals surface area contributed by atoms with Crippen molar-refractivity contribution in [3.63, 3.8) is 0 Å². The molecule has 0 unspecified atom stereocenters. The SMILES string of the molecule is NC(=O)[C@@H](c1ccccc1)N1CCO[C@H](Cn2cccn2)C1. The monoisotopic (exact) mass is 300 g/mol. The van der Waals surface area contributed by atoms with Crippen molar-refractivity contribution in [2.75, 3.05) is 19.7 Å². The van der Waals surface area contributed by atoms with E-state index in [1.54, 1.807) is 6.20 Å². The van der Waals surface area contributed by atoms with E-state index >= 15 is 0 Å². The highest BCUT2D eigenvalue weighted by Gasteiger charge is 2.31. The maximum atomic E-state index is 11.9. The van der Waals surface area contributed by atoms with Gasteiger partial charge in [0.05, 0.1) is 19.3 Å². The highest BCUT2D eigenvalue weighted by atomic mass is 16.5. The molecule has 3 rings (SSSR count). The van der Waals surface area contributed by atoms with Gasteiger partial charge in [0.15, 0.2) is 0 Å². The van der Waals surface area contributed by atoms with Crippen molar-refractivity contribution in [3.8, 4) is 0 Å². The average molecular weight is 300 g/mol. The Morgan fingerprint density at radius 1 is 1.36 bits per heavy atom. The summed E-state index contributed by atoms with van der Waals surface area (Å²) in [6.45, 7) is 2.60. The summed E-state index contributed by atoms with van der Waals surface area (Å²) in [5, 5.41) is 4.20. The summed E-state index contributed by atoms with van der Waals surface area (Å²) >= 11 is 0. The third kappa shape index (κ3) is 3.35. The molecule has 1 aromatic carbocycles. The number of aromatic nitrogens is 2. The molecule has 0 saturated carbocycles. The van der Waals surface area contributed by atoms with E-state index in [1.807, 2.05) is 47.3 Å². The second-order valence-electron chi connectivity index (χ2n) is 5.43. The lowest BCUT2D eigenvalue weighted by atomic mass is 10.0. The summed E-state index contributed by atoms with van der Waals surface area (Å²) in [6.07, 6.45) is 3.65. The van der Waals surface area contributed by atoms with E-state index in [-0.39, 0.29) is 12.0 Å². The van der Waals surface area contributed by atoms with Gasteiger partial charge in [-0.15, -0.1) is 0 Å². The molecule has 2 atom stereocenters. The minimum Gasteiger partial charge on any atom is -0.374 e. The average Bonchev–Trinajstić information content (AvgIpc) is 3.01. The molecule has 1 fully saturated rings. The maximum absolute atomic E-state index is 11.9. The van der Waals surface area contributed by atoms with Gasteiger partial charge in [-0.05, 0) is 11.6 Å². The number of ether oxygens (including phenoxy) is 1. The van der Waals surface area contributed by atoms with Crippen LogP contribution < -0.4 is 5.73 Å². The van der Waals surface area contributed by atoms with Crippen molar-refractivity contribution >= 4 is 5.91 Å². The molecule has 1 aromatic heterocycles. The summed E-state index contributed by atoms with van der Waals surface area (Å²) in [7, 11) is 0. The largest absolute Gasteiger partial charge is 0.374 e. The van der Waals surface area contributed by atoms with Gasteiger partial charge >= 0.3 is 0 Å². The zero-order chi connectivity index (χ0) is 15.4. The van der Waals surface area contributed by atoms with Crippen LogP contribution in [0, 0.1) is 0 Å². The van der Waals surface area contributed by atoms with Crippen LogP contribution in [0.5, 0.6) is 0 Å². The number of hydrogen-bond donors (Lipinski definition) is 1. The first-order valence-corrected chi connectivity index (χ1v) is 7.41. The molecule has 1 aliphatic heterocycles. The predicted molar refractivity (Wildman–Crippen MR) is 81.9 cm³/mol. The molecule has 1 aliphatic rings. The molecule has 0 radical (unpaired) electrons. The summed E-state index contributed by atoms with van der Waals surface area (Å²) in [5.74, 6) is -0.328. The Morgan fingerprint density at radius 3 is 2.86 bits per heavy atom. The summed E-state index contributed by atoms with van der Waals surface area (Å²) in [4.78, 5) is 14.0. The van der Waals surface area contributed by atoms with Crippen molar-refractivity contribution in [2.45, 2.75) is 18.7 Å². The fourth-order valence-electron chi connectivity index (χ4n) is 2.89. The highest BCUT2D eigenvalue weighted by Crippen LogP contribution is 2.23. The maximum Gasteiger partial charge on any atom is 0.239 e. The number of hydrogen-bond acceptors (Lipinski definition) is 4. The zero-order valence-electron chi connectivity index (χ0n) is 12.3. The van der Waals surface area contributed by atoms with Crippen LogP contribution >= 0.6 is 0 Å². The lowest BCUT2D eigenvalue weighted by molar-refractivity contribution is -0.127. The van der Waals surface area contributed by atoms with Gasteiger partial charge in [-0.1, -0.05) is 30.3 Å². The van der Waals surface area contributed by atoms with Gasteiger partial charge in [0.25, 0.3) is 0 Å². The number of carbonyl (C=O) groups excluding carboxylic acids is 1. The van der Waals surface area contributed by atoms with E-state index in [1.165, 1.54) is 0 Å². The summed E-state index contributed by atoms with van der Waals surface area (Å²) in [6, 6.07) is 11.1. The Labute approximate surface area is 129 Å². The van der Waals surface area contributed by atoms with Crippen molar-refractivity contribution in [1.82, 2.24) is 14.7 Å². The van der Waals surface area contributed by atoms with Crippen molar-refractivity contribution < 1.29 is 9.53 Å². The zero-order valence-corrected chi connectivity index (χ0v) is 12.3. The fraction of sp³-hybridized carbons (Fsp3) is 0.375. The number of morpholine rings is 1. The fourth-order valence-corrected chi connectivity index (χ4v) is 2.89. The predicted octanol–water partition coefficient (Wildman–Crippen LogP) is 0.810. The Hall–Kier alpha value is -2.18. The number of amides is 1.